The molecule has 0 N–H and O–H groups in total. The maximum absolute atomic E-state index is 12.3. The fraction of sp³-hybridized carbons (Fsp3) is 0.632. The Balaban J connectivity index is 1.76. The van der Waals surface area contributed by atoms with Crippen molar-refractivity contribution in [2.75, 3.05) is 5.75 Å². The van der Waals surface area contributed by atoms with E-state index in [4.69, 9.17) is 0 Å². The van der Waals surface area contributed by atoms with Gasteiger partial charge in [-0.05, 0) is 36.6 Å². The minimum absolute atomic E-state index is 0.325. The van der Waals surface area contributed by atoms with E-state index in [1.165, 1.54) is 55.6 Å². The molecule has 0 heterocycles. The molecule has 0 aromatic heterocycles. The van der Waals surface area contributed by atoms with E-state index in [0.29, 0.717) is 5.78 Å². The zero-order chi connectivity index (χ0) is 14.9. The van der Waals surface area contributed by atoms with Crippen LogP contribution in [0.25, 0.3) is 0 Å². The van der Waals surface area contributed by atoms with Gasteiger partial charge in [0, 0.05) is 16.9 Å². The second-order valence-corrected chi connectivity index (χ2v) is 7.36. The van der Waals surface area contributed by atoms with Crippen molar-refractivity contribution in [1.82, 2.24) is 0 Å². The summed E-state index contributed by atoms with van der Waals surface area (Å²) in [5.41, 5.74) is 0.894. The number of Topliss-reactive ketones (excluding diaryl/α,β-unsaturated/α-hetero) is 1. The highest BCUT2D eigenvalue weighted by molar-refractivity contribution is 7.99. The van der Waals surface area contributed by atoms with Crippen LogP contribution in [0, 0.1) is 5.92 Å². The van der Waals surface area contributed by atoms with Gasteiger partial charge in [0.1, 0.15) is 0 Å². The van der Waals surface area contributed by atoms with Crippen molar-refractivity contribution in [2.45, 2.75) is 69.6 Å². The van der Waals surface area contributed by atoms with Crippen molar-refractivity contribution in [3.63, 3.8) is 0 Å². The zero-order valence-electron chi connectivity index (χ0n) is 13.3. The number of benzene rings is 1. The van der Waals surface area contributed by atoms with Crippen molar-refractivity contribution in [2.24, 2.45) is 5.92 Å². The number of unbranched alkanes of at least 4 members (excludes halogenated alkanes) is 1. The minimum atomic E-state index is 0.325. The van der Waals surface area contributed by atoms with Crippen molar-refractivity contribution >= 4 is 17.5 Å². The largest absolute Gasteiger partial charge is 0.294 e. The van der Waals surface area contributed by atoms with Gasteiger partial charge in [0.05, 0.1) is 0 Å². The molecule has 0 bridgehead atoms. The molecular weight excluding hydrogens is 276 g/mol. The van der Waals surface area contributed by atoms with E-state index in [9.17, 15) is 4.79 Å². The first-order valence-electron chi connectivity index (χ1n) is 8.55. The van der Waals surface area contributed by atoms with Crippen LogP contribution >= 0.6 is 11.8 Å². The quantitative estimate of drug-likeness (QED) is 0.327. The third kappa shape index (κ3) is 5.86. The van der Waals surface area contributed by atoms with Gasteiger partial charge in [0.15, 0.2) is 5.78 Å². The Morgan fingerprint density at radius 1 is 1.14 bits per heavy atom. The highest BCUT2D eigenvalue weighted by atomic mass is 32.2. The molecule has 1 aromatic rings. The van der Waals surface area contributed by atoms with Crippen molar-refractivity contribution < 1.29 is 4.79 Å². The van der Waals surface area contributed by atoms with Crippen molar-refractivity contribution in [3.8, 4) is 0 Å². The number of carbonyl (C=O) groups is 1. The molecule has 1 fully saturated rings. The lowest BCUT2D eigenvalue weighted by atomic mass is 9.85. The molecule has 1 nitrogen and oxygen atoms in total. The lowest BCUT2D eigenvalue weighted by molar-refractivity contribution is 0.0970. The molecule has 1 aliphatic rings. The summed E-state index contributed by atoms with van der Waals surface area (Å²) in [6.07, 6.45) is 11.1. The Kier molecular flexibility index (Phi) is 7.35. The average molecular weight is 304 g/mol. The predicted molar refractivity (Wildman–Crippen MR) is 92.2 cm³/mol. The van der Waals surface area contributed by atoms with E-state index in [-0.39, 0.29) is 0 Å². The molecule has 0 amide bonds. The summed E-state index contributed by atoms with van der Waals surface area (Å²) >= 11 is 1.89. The monoisotopic (exact) mass is 304 g/mol. The molecule has 0 atom stereocenters. The van der Waals surface area contributed by atoms with Crippen LogP contribution in [0.15, 0.2) is 29.2 Å². The summed E-state index contributed by atoms with van der Waals surface area (Å²) < 4.78 is 0. The molecular formula is C19H28OS. The molecule has 1 saturated carbocycles. The maximum atomic E-state index is 12.3. The highest BCUT2D eigenvalue weighted by Crippen LogP contribution is 2.28. The van der Waals surface area contributed by atoms with Crippen LogP contribution in [0.3, 0.4) is 0 Å². The summed E-state index contributed by atoms with van der Waals surface area (Å²) in [5, 5.41) is 0. The SMILES string of the molecule is CCCCSc1ccc(C(=O)CCC2CCCCC2)cc1. The highest BCUT2D eigenvalue weighted by Gasteiger charge is 2.15. The lowest BCUT2D eigenvalue weighted by Gasteiger charge is -2.20. The fourth-order valence-corrected chi connectivity index (χ4v) is 4.02. The van der Waals surface area contributed by atoms with E-state index in [1.54, 1.807) is 0 Å². The van der Waals surface area contributed by atoms with Crippen molar-refractivity contribution in [1.29, 1.82) is 0 Å². The molecule has 0 saturated heterocycles. The molecule has 2 rings (SSSR count). The zero-order valence-corrected chi connectivity index (χ0v) is 14.1. The summed E-state index contributed by atoms with van der Waals surface area (Å²) in [6, 6.07) is 8.23. The van der Waals surface area contributed by atoms with Crippen LogP contribution in [0.2, 0.25) is 0 Å². The number of carbonyl (C=O) groups excluding carboxylic acids is 1. The Labute approximate surface area is 133 Å². The van der Waals surface area contributed by atoms with Crippen LogP contribution in [0.4, 0.5) is 0 Å². The number of ketones is 1. The molecule has 116 valence electrons. The molecule has 0 radical (unpaired) electrons. The summed E-state index contributed by atoms with van der Waals surface area (Å²) in [6.45, 7) is 2.22. The Bertz CT molecular complexity index is 418. The Morgan fingerprint density at radius 2 is 1.86 bits per heavy atom. The van der Waals surface area contributed by atoms with Gasteiger partial charge in [-0.25, -0.2) is 0 Å². The third-order valence-electron chi connectivity index (χ3n) is 4.45. The van der Waals surface area contributed by atoms with Gasteiger partial charge in [-0.3, -0.25) is 4.79 Å². The maximum Gasteiger partial charge on any atom is 0.162 e. The fourth-order valence-electron chi connectivity index (χ4n) is 3.03. The standard InChI is InChI=1S/C19H28OS/c1-2-3-15-21-18-12-10-17(11-13-18)19(20)14-9-16-7-5-4-6-8-16/h10-13,16H,2-9,14-15H2,1H3. The van der Waals surface area contributed by atoms with Crippen LogP contribution in [-0.2, 0) is 0 Å². The van der Waals surface area contributed by atoms with Crippen LogP contribution in [0.1, 0.15) is 75.1 Å². The van der Waals surface area contributed by atoms with Gasteiger partial charge in [0.25, 0.3) is 0 Å². The summed E-state index contributed by atoms with van der Waals surface area (Å²) in [7, 11) is 0. The first kappa shape index (κ1) is 16.6. The van der Waals surface area contributed by atoms with Gasteiger partial charge >= 0.3 is 0 Å². The number of thioether (sulfide) groups is 1. The molecule has 2 heteroatoms. The number of rotatable bonds is 8. The first-order valence-corrected chi connectivity index (χ1v) is 9.54. The molecule has 0 spiro atoms. The molecule has 1 aliphatic carbocycles. The van der Waals surface area contributed by atoms with Gasteiger partial charge in [-0.15, -0.1) is 11.8 Å². The van der Waals surface area contributed by atoms with E-state index in [2.05, 4.69) is 19.1 Å². The lowest BCUT2D eigenvalue weighted by Crippen LogP contribution is -2.09. The van der Waals surface area contributed by atoms with Gasteiger partial charge in [-0.2, -0.15) is 0 Å². The normalized spacial score (nSPS) is 16.0. The first-order chi connectivity index (χ1) is 10.3. The van der Waals surface area contributed by atoms with Gasteiger partial charge in [0.2, 0.25) is 0 Å². The van der Waals surface area contributed by atoms with Crippen LogP contribution < -0.4 is 0 Å². The smallest absolute Gasteiger partial charge is 0.162 e. The van der Waals surface area contributed by atoms with E-state index < -0.39 is 0 Å². The van der Waals surface area contributed by atoms with Crippen LogP contribution in [-0.4, -0.2) is 11.5 Å². The topological polar surface area (TPSA) is 17.1 Å². The Morgan fingerprint density at radius 3 is 2.52 bits per heavy atom. The number of hydrogen-bond acceptors (Lipinski definition) is 2. The van der Waals surface area contributed by atoms with Gasteiger partial charge < -0.3 is 0 Å². The summed E-state index contributed by atoms with van der Waals surface area (Å²) in [5.74, 6) is 2.29. The average Bonchev–Trinajstić information content (AvgIpc) is 2.54. The van der Waals surface area contributed by atoms with Crippen molar-refractivity contribution in [3.05, 3.63) is 29.8 Å². The summed E-state index contributed by atoms with van der Waals surface area (Å²) in [4.78, 5) is 13.5. The Hall–Kier alpha value is -0.760. The van der Waals surface area contributed by atoms with E-state index >= 15 is 0 Å². The minimum Gasteiger partial charge on any atom is -0.294 e. The second kappa shape index (κ2) is 9.30. The number of hydrogen-bond donors (Lipinski definition) is 0. The second-order valence-electron chi connectivity index (χ2n) is 6.19. The van der Waals surface area contributed by atoms with E-state index in [0.717, 1.165) is 24.3 Å². The third-order valence-corrected chi connectivity index (χ3v) is 5.55. The predicted octanol–water partition coefficient (Wildman–Crippen LogP) is 6.12. The van der Waals surface area contributed by atoms with Crippen LogP contribution in [0.5, 0.6) is 0 Å². The molecule has 1 aromatic carbocycles. The molecule has 21 heavy (non-hydrogen) atoms. The van der Waals surface area contributed by atoms with E-state index in [1.807, 2.05) is 23.9 Å². The molecule has 0 unspecified atom stereocenters. The van der Waals surface area contributed by atoms with Gasteiger partial charge in [-0.1, -0.05) is 57.6 Å². The molecule has 0 aliphatic heterocycles.